The number of carbonyl (C=O) groups is 1. The van der Waals surface area contributed by atoms with Crippen LogP contribution in [0.15, 0.2) is 53.0 Å². The summed E-state index contributed by atoms with van der Waals surface area (Å²) >= 11 is 3.51. The molecule has 128 valence electrons. The van der Waals surface area contributed by atoms with E-state index in [4.69, 9.17) is 10.5 Å². The molecule has 4 nitrogen and oxygen atoms in total. The molecule has 0 bridgehead atoms. The average Bonchev–Trinajstić information content (AvgIpc) is 3.00. The third-order valence-electron chi connectivity index (χ3n) is 3.97. The summed E-state index contributed by atoms with van der Waals surface area (Å²) in [4.78, 5) is 14.5. The summed E-state index contributed by atoms with van der Waals surface area (Å²) in [6, 6.07) is 15.3. The van der Waals surface area contributed by atoms with Gasteiger partial charge in [-0.3, -0.25) is 4.79 Å². The van der Waals surface area contributed by atoms with Crippen LogP contribution >= 0.6 is 28.3 Å². The van der Waals surface area contributed by atoms with Crippen molar-refractivity contribution >= 4 is 34.2 Å². The Morgan fingerprint density at radius 1 is 1.21 bits per heavy atom. The summed E-state index contributed by atoms with van der Waals surface area (Å²) in [5, 5.41) is 0. The molecule has 1 aliphatic rings. The molecule has 1 aliphatic heterocycles. The third kappa shape index (κ3) is 4.29. The van der Waals surface area contributed by atoms with Gasteiger partial charge in [-0.15, -0.1) is 12.4 Å². The van der Waals surface area contributed by atoms with Crippen LogP contribution in [0.3, 0.4) is 0 Å². The zero-order chi connectivity index (χ0) is 16.2. The van der Waals surface area contributed by atoms with Crippen molar-refractivity contribution in [1.29, 1.82) is 0 Å². The molecule has 0 aliphatic carbocycles. The van der Waals surface area contributed by atoms with Crippen LogP contribution in [0.25, 0.3) is 0 Å². The summed E-state index contributed by atoms with van der Waals surface area (Å²) in [5.41, 5.74) is 7.53. The Morgan fingerprint density at radius 2 is 1.92 bits per heavy atom. The molecular formula is C18H20BrClN2O2. The number of nitrogens with zero attached hydrogens (tertiary/aromatic N) is 1. The van der Waals surface area contributed by atoms with E-state index in [0.29, 0.717) is 31.0 Å². The largest absolute Gasteiger partial charge is 0.488 e. The molecule has 2 aromatic carbocycles. The van der Waals surface area contributed by atoms with E-state index in [1.165, 1.54) is 0 Å². The second-order valence-electron chi connectivity index (χ2n) is 5.68. The summed E-state index contributed by atoms with van der Waals surface area (Å²) < 4.78 is 6.90. The van der Waals surface area contributed by atoms with Crippen molar-refractivity contribution in [1.82, 2.24) is 4.90 Å². The molecule has 0 spiro atoms. The van der Waals surface area contributed by atoms with Crippen LogP contribution in [0.2, 0.25) is 0 Å². The molecule has 1 heterocycles. The van der Waals surface area contributed by atoms with Gasteiger partial charge >= 0.3 is 0 Å². The number of ether oxygens (including phenoxy) is 1. The van der Waals surface area contributed by atoms with Gasteiger partial charge in [-0.2, -0.15) is 0 Å². The van der Waals surface area contributed by atoms with E-state index in [1.807, 2.05) is 48.5 Å². The number of para-hydroxylation sites is 1. The van der Waals surface area contributed by atoms with Crippen molar-refractivity contribution in [3.8, 4) is 5.75 Å². The maximum Gasteiger partial charge on any atom is 0.257 e. The van der Waals surface area contributed by atoms with Gasteiger partial charge in [0.15, 0.2) is 0 Å². The lowest BCUT2D eigenvalue weighted by Crippen LogP contribution is -2.32. The highest BCUT2D eigenvalue weighted by Gasteiger charge is 2.26. The van der Waals surface area contributed by atoms with E-state index < -0.39 is 0 Å². The standard InChI is InChI=1S/C18H19BrN2O2.ClH/c19-16-7-3-1-5-13(16)12-23-17-8-4-2-6-15(17)18(22)21-10-9-14(20)11-21;/h1-8,14H,9-12,20H2;1H/t14-;/m1./s1. The summed E-state index contributed by atoms with van der Waals surface area (Å²) in [6.45, 7) is 1.72. The number of rotatable bonds is 4. The van der Waals surface area contributed by atoms with Crippen LogP contribution < -0.4 is 10.5 Å². The predicted molar refractivity (Wildman–Crippen MR) is 101 cm³/mol. The highest BCUT2D eigenvalue weighted by atomic mass is 79.9. The third-order valence-corrected chi connectivity index (χ3v) is 4.74. The molecule has 6 heteroatoms. The second-order valence-corrected chi connectivity index (χ2v) is 6.53. The van der Waals surface area contributed by atoms with E-state index in [9.17, 15) is 4.79 Å². The lowest BCUT2D eigenvalue weighted by atomic mass is 10.1. The van der Waals surface area contributed by atoms with Crippen molar-refractivity contribution < 1.29 is 9.53 Å². The minimum absolute atomic E-state index is 0. The lowest BCUT2D eigenvalue weighted by Gasteiger charge is -2.18. The van der Waals surface area contributed by atoms with Crippen molar-refractivity contribution in [2.24, 2.45) is 5.73 Å². The maximum atomic E-state index is 12.7. The zero-order valence-electron chi connectivity index (χ0n) is 13.2. The van der Waals surface area contributed by atoms with Gasteiger partial charge in [0.05, 0.1) is 5.56 Å². The number of hydrogen-bond acceptors (Lipinski definition) is 3. The lowest BCUT2D eigenvalue weighted by molar-refractivity contribution is 0.0786. The van der Waals surface area contributed by atoms with Gasteiger partial charge in [-0.05, 0) is 24.6 Å². The summed E-state index contributed by atoms with van der Waals surface area (Å²) in [7, 11) is 0. The fourth-order valence-electron chi connectivity index (χ4n) is 2.68. The Morgan fingerprint density at radius 3 is 2.62 bits per heavy atom. The van der Waals surface area contributed by atoms with Crippen molar-refractivity contribution in [3.63, 3.8) is 0 Å². The van der Waals surface area contributed by atoms with E-state index in [1.54, 1.807) is 4.90 Å². The molecule has 0 unspecified atom stereocenters. The topological polar surface area (TPSA) is 55.6 Å². The number of likely N-dealkylation sites (tertiary alicyclic amines) is 1. The van der Waals surface area contributed by atoms with Crippen LogP contribution in [0, 0.1) is 0 Å². The molecule has 0 radical (unpaired) electrons. The molecule has 24 heavy (non-hydrogen) atoms. The smallest absolute Gasteiger partial charge is 0.257 e. The van der Waals surface area contributed by atoms with Gasteiger partial charge in [0.25, 0.3) is 5.91 Å². The van der Waals surface area contributed by atoms with Gasteiger partial charge in [-0.25, -0.2) is 0 Å². The molecule has 1 atom stereocenters. The van der Waals surface area contributed by atoms with Gasteiger partial charge in [0.2, 0.25) is 0 Å². The first-order valence-corrected chi connectivity index (χ1v) is 8.44. The molecule has 2 aromatic rings. The summed E-state index contributed by atoms with van der Waals surface area (Å²) in [5.74, 6) is 0.592. The first-order valence-electron chi connectivity index (χ1n) is 7.65. The first kappa shape index (κ1) is 18.8. The fraction of sp³-hybridized carbons (Fsp3) is 0.278. The van der Waals surface area contributed by atoms with Crippen LogP contribution in [0.5, 0.6) is 5.75 Å². The number of carbonyl (C=O) groups excluding carboxylic acids is 1. The highest BCUT2D eigenvalue weighted by Crippen LogP contribution is 2.24. The number of nitrogens with two attached hydrogens (primary N) is 1. The number of benzene rings is 2. The van der Waals surface area contributed by atoms with Crippen molar-refractivity contribution in [2.75, 3.05) is 13.1 Å². The average molecular weight is 412 g/mol. The molecule has 1 fully saturated rings. The van der Waals surface area contributed by atoms with Gasteiger partial charge in [-0.1, -0.05) is 46.3 Å². The number of hydrogen-bond donors (Lipinski definition) is 1. The molecule has 0 saturated carbocycles. The van der Waals surface area contributed by atoms with Crippen LogP contribution in [-0.4, -0.2) is 29.9 Å². The van der Waals surface area contributed by atoms with Crippen molar-refractivity contribution in [3.05, 3.63) is 64.1 Å². The van der Waals surface area contributed by atoms with E-state index in [0.717, 1.165) is 16.5 Å². The molecule has 1 saturated heterocycles. The van der Waals surface area contributed by atoms with Gasteiger partial charge in [0, 0.05) is 29.2 Å². The summed E-state index contributed by atoms with van der Waals surface area (Å²) in [6.07, 6.45) is 0.853. The maximum absolute atomic E-state index is 12.7. The van der Waals surface area contributed by atoms with E-state index >= 15 is 0 Å². The Bertz CT molecular complexity index is 711. The molecule has 3 rings (SSSR count). The van der Waals surface area contributed by atoms with Gasteiger partial charge < -0.3 is 15.4 Å². The van der Waals surface area contributed by atoms with Crippen molar-refractivity contribution in [2.45, 2.75) is 19.1 Å². The quantitative estimate of drug-likeness (QED) is 0.836. The Labute approximate surface area is 156 Å². The minimum Gasteiger partial charge on any atom is -0.488 e. The molecular weight excluding hydrogens is 392 g/mol. The first-order chi connectivity index (χ1) is 11.1. The minimum atomic E-state index is -0.0133. The molecule has 1 amide bonds. The Hall–Kier alpha value is -1.56. The SMILES string of the molecule is Cl.N[C@@H]1CCN(C(=O)c2ccccc2OCc2ccccc2Br)C1. The van der Waals surface area contributed by atoms with E-state index in [-0.39, 0.29) is 24.4 Å². The normalized spacial score (nSPS) is 16.6. The predicted octanol–water partition coefficient (Wildman–Crippen LogP) is 3.62. The van der Waals surface area contributed by atoms with Crippen LogP contribution in [0.4, 0.5) is 0 Å². The van der Waals surface area contributed by atoms with E-state index in [2.05, 4.69) is 15.9 Å². The Balaban J connectivity index is 0.00000208. The number of amides is 1. The monoisotopic (exact) mass is 410 g/mol. The second kappa shape index (κ2) is 8.51. The zero-order valence-corrected chi connectivity index (χ0v) is 15.6. The highest BCUT2D eigenvalue weighted by molar-refractivity contribution is 9.10. The van der Waals surface area contributed by atoms with Crippen LogP contribution in [-0.2, 0) is 6.61 Å². The molecule has 0 aromatic heterocycles. The number of halogens is 2. The Kier molecular flexibility index (Phi) is 6.66. The van der Waals surface area contributed by atoms with Crippen LogP contribution in [0.1, 0.15) is 22.3 Å². The fourth-order valence-corrected chi connectivity index (χ4v) is 3.08. The van der Waals surface area contributed by atoms with Gasteiger partial charge in [0.1, 0.15) is 12.4 Å². The molecule has 2 N–H and O–H groups in total.